The van der Waals surface area contributed by atoms with Crippen molar-refractivity contribution < 1.29 is 9.90 Å². The van der Waals surface area contributed by atoms with E-state index in [0.717, 1.165) is 19.4 Å². The first-order valence-electron chi connectivity index (χ1n) is 8.63. The maximum atomic E-state index is 12.7. The number of urea groups is 1. The van der Waals surface area contributed by atoms with Gasteiger partial charge in [0.2, 0.25) is 0 Å². The number of amides is 2. The van der Waals surface area contributed by atoms with Crippen LogP contribution in [0.2, 0.25) is 0 Å². The molecule has 0 radical (unpaired) electrons. The zero-order valence-corrected chi connectivity index (χ0v) is 13.9. The van der Waals surface area contributed by atoms with Gasteiger partial charge >= 0.3 is 6.03 Å². The Bertz CT molecular complexity index is 654. The molecule has 1 atom stereocenters. The lowest BCUT2D eigenvalue weighted by atomic mass is 10.1. The molecule has 0 bridgehead atoms. The van der Waals surface area contributed by atoms with E-state index in [9.17, 15) is 9.90 Å². The Labute approximate surface area is 142 Å². The second-order valence-electron chi connectivity index (χ2n) is 6.18. The Balaban J connectivity index is 1.64. The van der Waals surface area contributed by atoms with Gasteiger partial charge in [0.1, 0.15) is 0 Å². The van der Waals surface area contributed by atoms with Crippen molar-refractivity contribution in [3.8, 4) is 0 Å². The van der Waals surface area contributed by atoms with E-state index >= 15 is 0 Å². The molecule has 1 heterocycles. The van der Waals surface area contributed by atoms with Crippen molar-refractivity contribution >= 4 is 6.03 Å². The van der Waals surface area contributed by atoms with E-state index in [0.29, 0.717) is 19.5 Å². The number of hydrogen-bond acceptors (Lipinski definition) is 2. The molecule has 2 amide bonds. The predicted octanol–water partition coefficient (Wildman–Crippen LogP) is 2.57. The van der Waals surface area contributed by atoms with Crippen LogP contribution in [0.15, 0.2) is 48.8 Å². The summed E-state index contributed by atoms with van der Waals surface area (Å²) in [7, 11) is 0. The third kappa shape index (κ3) is 3.79. The Hall–Kier alpha value is -2.27. The number of aryl methyl sites for hydroxylation is 1. The number of nitrogens with zero attached hydrogens (tertiary/aromatic N) is 2. The first kappa shape index (κ1) is 16.6. The van der Waals surface area contributed by atoms with E-state index in [1.54, 1.807) is 0 Å². The molecular weight excluding hydrogens is 302 g/mol. The summed E-state index contributed by atoms with van der Waals surface area (Å²) < 4.78 is 2.04. The van der Waals surface area contributed by atoms with Crippen molar-refractivity contribution in [2.75, 3.05) is 19.7 Å². The minimum atomic E-state index is -0.0442. The summed E-state index contributed by atoms with van der Waals surface area (Å²) in [4.78, 5) is 14.6. The van der Waals surface area contributed by atoms with Gasteiger partial charge in [-0.05, 0) is 42.5 Å². The van der Waals surface area contributed by atoms with Crippen LogP contribution in [-0.2, 0) is 13.0 Å². The third-order valence-corrected chi connectivity index (χ3v) is 4.61. The first-order valence-corrected chi connectivity index (χ1v) is 8.63. The standard InChI is InChI=1S/C19H25N3O2/c23-15-5-13-22(18-9-8-16-6-1-2-7-17(16)18)19(24)20-10-14-21-11-3-4-12-21/h1-4,6-7,11-12,18,23H,5,8-10,13-15H2,(H,20,24). The van der Waals surface area contributed by atoms with E-state index in [1.807, 2.05) is 40.1 Å². The largest absolute Gasteiger partial charge is 0.396 e. The van der Waals surface area contributed by atoms with Crippen LogP contribution in [0.5, 0.6) is 0 Å². The van der Waals surface area contributed by atoms with Crippen LogP contribution < -0.4 is 5.32 Å². The Kier molecular flexibility index (Phi) is 5.54. The topological polar surface area (TPSA) is 57.5 Å². The summed E-state index contributed by atoms with van der Waals surface area (Å²) in [6, 6.07) is 12.4. The lowest BCUT2D eigenvalue weighted by Crippen LogP contribution is -2.43. The fourth-order valence-electron chi connectivity index (χ4n) is 3.41. The predicted molar refractivity (Wildman–Crippen MR) is 93.7 cm³/mol. The van der Waals surface area contributed by atoms with Gasteiger partial charge in [0, 0.05) is 38.6 Å². The zero-order valence-electron chi connectivity index (χ0n) is 13.9. The van der Waals surface area contributed by atoms with Crippen LogP contribution in [0.3, 0.4) is 0 Å². The molecule has 0 aliphatic heterocycles. The van der Waals surface area contributed by atoms with Crippen LogP contribution >= 0.6 is 0 Å². The Morgan fingerprint density at radius 3 is 2.83 bits per heavy atom. The van der Waals surface area contributed by atoms with Crippen molar-refractivity contribution in [1.29, 1.82) is 0 Å². The fraction of sp³-hybridized carbons (Fsp3) is 0.421. The quantitative estimate of drug-likeness (QED) is 0.821. The van der Waals surface area contributed by atoms with Crippen molar-refractivity contribution in [3.63, 3.8) is 0 Å². The Morgan fingerprint density at radius 1 is 1.25 bits per heavy atom. The lowest BCUT2D eigenvalue weighted by Gasteiger charge is -2.30. The summed E-state index contributed by atoms with van der Waals surface area (Å²) in [5.41, 5.74) is 2.58. The molecule has 3 rings (SSSR count). The molecule has 5 nitrogen and oxygen atoms in total. The molecule has 24 heavy (non-hydrogen) atoms. The van der Waals surface area contributed by atoms with Crippen LogP contribution in [0, 0.1) is 0 Å². The Morgan fingerprint density at radius 2 is 2.04 bits per heavy atom. The third-order valence-electron chi connectivity index (χ3n) is 4.61. The molecule has 2 aromatic rings. The van der Waals surface area contributed by atoms with Gasteiger partial charge in [-0.25, -0.2) is 4.79 Å². The number of fused-ring (bicyclic) bond motifs is 1. The fourth-order valence-corrected chi connectivity index (χ4v) is 3.41. The normalized spacial score (nSPS) is 16.0. The average Bonchev–Trinajstić information content (AvgIpc) is 3.25. The number of aromatic nitrogens is 1. The van der Waals surface area contributed by atoms with Crippen molar-refractivity contribution in [3.05, 3.63) is 59.9 Å². The lowest BCUT2D eigenvalue weighted by molar-refractivity contribution is 0.164. The number of rotatable bonds is 7. The first-order chi connectivity index (χ1) is 11.8. The minimum absolute atomic E-state index is 0.0442. The maximum Gasteiger partial charge on any atom is 0.317 e. The minimum Gasteiger partial charge on any atom is -0.396 e. The second-order valence-corrected chi connectivity index (χ2v) is 6.18. The highest BCUT2D eigenvalue weighted by molar-refractivity contribution is 5.75. The molecule has 0 fully saturated rings. The number of carbonyl (C=O) groups excluding carboxylic acids is 1. The highest BCUT2D eigenvalue weighted by atomic mass is 16.3. The molecule has 1 aliphatic rings. The van der Waals surface area contributed by atoms with Crippen LogP contribution in [0.1, 0.15) is 30.0 Å². The molecule has 1 aromatic heterocycles. The van der Waals surface area contributed by atoms with Crippen LogP contribution in [0.4, 0.5) is 4.79 Å². The van der Waals surface area contributed by atoms with Gasteiger partial charge in [-0.3, -0.25) is 0 Å². The van der Waals surface area contributed by atoms with Gasteiger partial charge in [-0.15, -0.1) is 0 Å². The molecule has 1 unspecified atom stereocenters. The van der Waals surface area contributed by atoms with Gasteiger partial charge in [0.15, 0.2) is 0 Å². The molecule has 5 heteroatoms. The molecule has 2 N–H and O–H groups in total. The van der Waals surface area contributed by atoms with Crippen molar-refractivity contribution in [1.82, 2.24) is 14.8 Å². The van der Waals surface area contributed by atoms with E-state index < -0.39 is 0 Å². The van der Waals surface area contributed by atoms with Crippen molar-refractivity contribution in [2.45, 2.75) is 31.8 Å². The van der Waals surface area contributed by atoms with Gasteiger partial charge in [-0.1, -0.05) is 24.3 Å². The number of carbonyl (C=O) groups is 1. The highest BCUT2D eigenvalue weighted by Crippen LogP contribution is 2.35. The maximum absolute atomic E-state index is 12.7. The van der Waals surface area contributed by atoms with Crippen LogP contribution in [0.25, 0.3) is 0 Å². The number of benzene rings is 1. The van der Waals surface area contributed by atoms with Crippen molar-refractivity contribution in [2.24, 2.45) is 0 Å². The summed E-state index contributed by atoms with van der Waals surface area (Å²) >= 11 is 0. The number of aliphatic hydroxyl groups excluding tert-OH is 1. The summed E-state index contributed by atoms with van der Waals surface area (Å²) in [6.45, 7) is 2.03. The van der Waals surface area contributed by atoms with Gasteiger partial charge in [-0.2, -0.15) is 0 Å². The van der Waals surface area contributed by atoms with E-state index in [1.165, 1.54) is 11.1 Å². The number of hydrogen-bond donors (Lipinski definition) is 2. The number of nitrogens with one attached hydrogen (secondary N) is 1. The van der Waals surface area contributed by atoms with E-state index in [-0.39, 0.29) is 18.7 Å². The molecule has 128 valence electrons. The summed E-state index contributed by atoms with van der Waals surface area (Å²) in [5, 5.41) is 12.2. The zero-order chi connectivity index (χ0) is 16.8. The summed E-state index contributed by atoms with van der Waals surface area (Å²) in [5.74, 6) is 0. The average molecular weight is 327 g/mol. The highest BCUT2D eigenvalue weighted by Gasteiger charge is 2.30. The van der Waals surface area contributed by atoms with E-state index in [2.05, 4.69) is 23.5 Å². The molecule has 1 aliphatic carbocycles. The van der Waals surface area contributed by atoms with Gasteiger partial charge < -0.3 is 19.9 Å². The van der Waals surface area contributed by atoms with E-state index in [4.69, 9.17) is 0 Å². The molecule has 0 saturated heterocycles. The number of aliphatic hydroxyl groups is 1. The van der Waals surface area contributed by atoms with Gasteiger partial charge in [0.25, 0.3) is 0 Å². The van der Waals surface area contributed by atoms with Gasteiger partial charge in [0.05, 0.1) is 6.04 Å². The smallest absolute Gasteiger partial charge is 0.317 e. The molecule has 0 saturated carbocycles. The summed E-state index contributed by atoms with van der Waals surface area (Å²) in [6.07, 6.45) is 6.54. The SMILES string of the molecule is O=C(NCCn1cccc1)N(CCCO)C1CCc2ccccc21. The molecular formula is C19H25N3O2. The second kappa shape index (κ2) is 8.02. The van der Waals surface area contributed by atoms with Crippen LogP contribution in [-0.4, -0.2) is 40.3 Å². The molecule has 0 spiro atoms. The monoisotopic (exact) mass is 327 g/mol. The molecule has 1 aromatic carbocycles.